The maximum Gasteiger partial charge on any atom is 0.166 e. The minimum atomic E-state index is -0.370. The lowest BCUT2D eigenvalue weighted by Crippen LogP contribution is -2.58. The van der Waals surface area contributed by atoms with E-state index in [1.165, 1.54) is 102 Å². The van der Waals surface area contributed by atoms with E-state index in [0.717, 1.165) is 115 Å². The summed E-state index contributed by atoms with van der Waals surface area (Å²) >= 11 is 0. The Labute approximate surface area is 384 Å². The van der Waals surface area contributed by atoms with Crippen LogP contribution in [-0.2, 0) is 47.4 Å². The van der Waals surface area contributed by atoms with E-state index >= 15 is 0 Å². The van der Waals surface area contributed by atoms with Crippen LogP contribution in [0.4, 0.5) is 0 Å². The molecule has 0 aromatic carbocycles. The summed E-state index contributed by atoms with van der Waals surface area (Å²) in [6.45, 7) is 10.4. The molecule has 1 spiro atoms. The van der Waals surface area contributed by atoms with E-state index in [1.54, 1.807) is 11.5 Å². The highest BCUT2D eigenvalue weighted by Crippen LogP contribution is 2.66. The molecule has 7 heterocycles. The zero-order valence-electron chi connectivity index (χ0n) is 39.7. The fourth-order valence-corrected chi connectivity index (χ4v) is 15.2. The Kier molecular flexibility index (Phi) is 12.8. The third kappa shape index (κ3) is 9.82. The van der Waals surface area contributed by atoms with Crippen LogP contribution in [-0.4, -0.2) is 118 Å². The van der Waals surface area contributed by atoms with Gasteiger partial charge in [-0.2, -0.15) is 0 Å². The van der Waals surface area contributed by atoms with Gasteiger partial charge < -0.3 is 47.4 Å². The molecule has 11 fully saturated rings. The van der Waals surface area contributed by atoms with E-state index in [9.17, 15) is 0 Å². The third-order valence-electron chi connectivity index (χ3n) is 19.2. The summed E-state index contributed by atoms with van der Waals surface area (Å²) in [7, 11) is 0. The lowest BCUT2D eigenvalue weighted by atomic mass is 9.56. The molecule has 7 aliphatic heterocycles. The Balaban J connectivity index is 0.904. The minimum absolute atomic E-state index is 0.0149. The van der Waals surface area contributed by atoms with Crippen molar-refractivity contribution in [3.05, 3.63) is 17.3 Å². The van der Waals surface area contributed by atoms with Crippen molar-refractivity contribution in [3.63, 3.8) is 0 Å². The van der Waals surface area contributed by atoms with Gasteiger partial charge in [0.05, 0.1) is 80.9 Å². The largest absolute Gasteiger partial charge is 0.479 e. The normalized spacial score (nSPS) is 43.6. The number of epoxide rings is 7. The summed E-state index contributed by atoms with van der Waals surface area (Å²) in [5.74, 6) is 6.70. The molecular weight excluding hydrogens is 809 g/mol. The van der Waals surface area contributed by atoms with Gasteiger partial charge in [0.1, 0.15) is 24.1 Å². The first-order chi connectivity index (χ1) is 31.4. The molecule has 18 atom stereocenters. The van der Waals surface area contributed by atoms with Crippen molar-refractivity contribution in [3.8, 4) is 0 Å². The fourth-order valence-electron chi connectivity index (χ4n) is 15.2. The van der Waals surface area contributed by atoms with E-state index in [2.05, 4.69) is 13.8 Å². The zero-order valence-corrected chi connectivity index (χ0v) is 39.7. The Hall–Kier alpha value is -0.820. The third-order valence-corrected chi connectivity index (χ3v) is 19.2. The SMILES string of the molecule is CCC(C1CCC2OC2(C)C1)C(OC(CCCOCC1CO1)C1CO1)([C](CCCCOCC1CO1)CCC1CCC2OC2C1)C(CCC1=C2OC23CCC1C3)CCC1CCC2OC2C1. The zero-order chi connectivity index (χ0) is 42.9. The number of ether oxygens (including phenoxy) is 10. The van der Waals surface area contributed by atoms with Crippen LogP contribution >= 0.6 is 0 Å². The summed E-state index contributed by atoms with van der Waals surface area (Å²) in [6, 6.07) is 0. The number of unbranched alkanes of at least 4 members (excludes halogenated alkanes) is 1. The molecule has 0 N–H and O–H groups in total. The second kappa shape index (κ2) is 18.5. The molecule has 1 radical (unpaired) electrons. The van der Waals surface area contributed by atoms with Crippen molar-refractivity contribution in [1.29, 1.82) is 0 Å². The Bertz CT molecular complexity index is 1640. The van der Waals surface area contributed by atoms with Crippen molar-refractivity contribution in [2.24, 2.45) is 35.5 Å². The summed E-state index contributed by atoms with van der Waals surface area (Å²) in [4.78, 5) is 0. The molecule has 0 aromatic rings. The summed E-state index contributed by atoms with van der Waals surface area (Å²) in [6.07, 6.45) is 31.9. The molecule has 10 nitrogen and oxygen atoms in total. The van der Waals surface area contributed by atoms with Crippen LogP contribution in [0.2, 0.25) is 0 Å². The molecule has 5 aliphatic carbocycles. The van der Waals surface area contributed by atoms with Crippen LogP contribution in [0, 0.1) is 41.4 Å². The predicted molar refractivity (Wildman–Crippen MR) is 241 cm³/mol. The maximum absolute atomic E-state index is 8.56. The molecule has 359 valence electrons. The van der Waals surface area contributed by atoms with Crippen LogP contribution in [0.3, 0.4) is 0 Å². The summed E-state index contributed by atoms with van der Waals surface area (Å²) in [5.41, 5.74) is 1.45. The summed E-state index contributed by atoms with van der Waals surface area (Å²) in [5, 5.41) is 0. The van der Waals surface area contributed by atoms with Gasteiger partial charge in [-0.1, -0.05) is 19.8 Å². The first-order valence-corrected chi connectivity index (χ1v) is 27.3. The van der Waals surface area contributed by atoms with E-state index < -0.39 is 0 Å². The average Bonchev–Trinajstić information content (AvgIpc) is 4.07. The van der Waals surface area contributed by atoms with Crippen LogP contribution in [0.5, 0.6) is 0 Å². The fraction of sp³-hybridized carbons (Fsp3) is 0.944. The Morgan fingerprint density at radius 1 is 0.750 bits per heavy atom. The Morgan fingerprint density at radius 3 is 2.14 bits per heavy atom. The molecule has 7 saturated heterocycles. The number of allylic oxidation sites excluding steroid dienone is 1. The highest BCUT2D eigenvalue weighted by molar-refractivity contribution is 5.42. The molecule has 10 heteroatoms. The molecule has 64 heavy (non-hydrogen) atoms. The standard InChI is InChI=1S/C54H83O10/c1-3-43(37-13-20-50-52(2,27-37)63-50)54(62-46(49-33-59-49)8-6-24-56-30-41-32-58-41,38(7-4-5-23-55-29-40-31-57-40)14-9-34-11-18-44-47(25-34)60-44)39(15-10-35-12-19-45-48(26-35)61-45)16-17-42-36-21-22-53(28-36)51(42)64-53/h34-37,39-41,43-50H,3-33H2,1-2H3. The predicted octanol–water partition coefficient (Wildman–Crippen LogP) is 9.78. The molecule has 4 saturated carbocycles. The molecular formula is C54H83O10. The lowest BCUT2D eigenvalue weighted by Gasteiger charge is -2.56. The van der Waals surface area contributed by atoms with Gasteiger partial charge in [0.15, 0.2) is 5.60 Å². The first kappa shape index (κ1) is 44.4. The summed E-state index contributed by atoms with van der Waals surface area (Å²) < 4.78 is 63.8. The van der Waals surface area contributed by atoms with E-state index in [0.29, 0.717) is 67.1 Å². The monoisotopic (exact) mass is 892 g/mol. The van der Waals surface area contributed by atoms with Gasteiger partial charge in [-0.25, -0.2) is 0 Å². The molecule has 0 amide bonds. The van der Waals surface area contributed by atoms with Crippen LogP contribution in [0.1, 0.15) is 168 Å². The lowest BCUT2D eigenvalue weighted by molar-refractivity contribution is -0.182. The van der Waals surface area contributed by atoms with Crippen molar-refractivity contribution in [2.45, 2.75) is 240 Å². The van der Waals surface area contributed by atoms with Gasteiger partial charge in [0, 0.05) is 25.6 Å². The van der Waals surface area contributed by atoms with E-state index in [1.807, 2.05) is 0 Å². The smallest absolute Gasteiger partial charge is 0.166 e. The van der Waals surface area contributed by atoms with Crippen LogP contribution in [0.25, 0.3) is 0 Å². The molecule has 2 bridgehead atoms. The second-order valence-corrected chi connectivity index (χ2v) is 23.6. The molecule has 12 aliphatic rings. The first-order valence-electron chi connectivity index (χ1n) is 27.3. The van der Waals surface area contributed by atoms with Gasteiger partial charge in [0.25, 0.3) is 0 Å². The maximum atomic E-state index is 8.56. The van der Waals surface area contributed by atoms with Gasteiger partial charge in [-0.3, -0.25) is 0 Å². The number of rotatable bonds is 30. The van der Waals surface area contributed by atoms with Crippen molar-refractivity contribution >= 4 is 0 Å². The second-order valence-electron chi connectivity index (χ2n) is 23.6. The number of hydrogen-bond donors (Lipinski definition) is 0. The van der Waals surface area contributed by atoms with Gasteiger partial charge in [0.2, 0.25) is 0 Å². The van der Waals surface area contributed by atoms with Crippen molar-refractivity contribution in [1.82, 2.24) is 0 Å². The van der Waals surface area contributed by atoms with Gasteiger partial charge in [-0.05, 0) is 183 Å². The number of hydrogen-bond acceptors (Lipinski definition) is 10. The Morgan fingerprint density at radius 2 is 1.48 bits per heavy atom. The van der Waals surface area contributed by atoms with Crippen LogP contribution < -0.4 is 0 Å². The van der Waals surface area contributed by atoms with E-state index in [4.69, 9.17) is 47.4 Å². The van der Waals surface area contributed by atoms with Crippen molar-refractivity contribution in [2.75, 3.05) is 46.2 Å². The average molecular weight is 892 g/mol. The van der Waals surface area contributed by atoms with Gasteiger partial charge >= 0.3 is 0 Å². The van der Waals surface area contributed by atoms with Crippen molar-refractivity contribution < 1.29 is 47.4 Å². The quantitative estimate of drug-likeness (QED) is 0.0510. The highest BCUT2D eigenvalue weighted by atomic mass is 16.6. The topological polar surface area (TPSA) is 115 Å². The molecule has 0 aromatic heterocycles. The molecule has 12 rings (SSSR count). The van der Waals surface area contributed by atoms with E-state index in [-0.39, 0.29) is 29.0 Å². The highest BCUT2D eigenvalue weighted by Gasteiger charge is 2.66. The number of fused-ring (bicyclic) bond motifs is 4. The van der Waals surface area contributed by atoms with Gasteiger partial charge in [-0.15, -0.1) is 0 Å². The molecule has 18 unspecified atom stereocenters. The van der Waals surface area contributed by atoms with Crippen LogP contribution in [0.15, 0.2) is 11.3 Å². The minimum Gasteiger partial charge on any atom is -0.479 e.